The third-order valence-electron chi connectivity index (χ3n) is 19.2. The van der Waals surface area contributed by atoms with Crippen molar-refractivity contribution in [2.24, 2.45) is 23.5 Å². The number of aliphatic hydroxyl groups is 9. The largest absolute Gasteiger partial charge is 0.388 e. The third-order valence-corrected chi connectivity index (χ3v) is 21.7. The first-order valence-electron chi connectivity index (χ1n) is 34.7. The summed E-state index contributed by atoms with van der Waals surface area (Å²) in [5, 5.41) is 114. The molecule has 0 aromatic carbocycles. The fraction of sp³-hybridized carbons (Fsp3) is 0.892. The lowest BCUT2D eigenvalue weighted by molar-refractivity contribution is -0.207. The predicted molar refractivity (Wildman–Crippen MR) is 391 cm³/mol. The Hall–Kier alpha value is -2.90. The standard InChI is InChI=1S/C22H42N4O6S.C21H40N4O6S.C20H38N4O6S.CH3FS.CH2O/c1-7-8-13-9-14(26(5)10-13)21(31)24-16(12(2)23-15(27)11-25(3)4)20-18(29)17(28)19(30)22(32-20)33-6;1-6-7-12-8-13(25(4)10-12)20(30)24-15(11(2)23-14(26)9-22-3)19-17(28)16(27)18(29)21(31-19)32-5;1-5-6-11-7-12(24(3)9-11)19(29)23-14(10(2)22-13(25)8-21)18-16(27)15(26)17(28)20(30-18)31-4;1-3-2;1-2/h12-14,16-20,22,28-30H,7-11H2,1-6H3,(H,23,27)(H,24,31);11-13,15-19,21-22,27-29H,6-10H2,1-5H3,(H,23,26)(H,24,30);10-12,14-18,20,26-28H,5-9,21H2,1-4H3,(H,22,25)(H,23,29);1H3;1H2/t12-,13+,14-,16+,17+,18?,19+,20+,22?;11-,12+,13-,15+,16+,17?,18+,19+,21?;10-,11+,12-,14+,15+,16?,17+,18+,20?;;/m000../s1. The van der Waals surface area contributed by atoms with Crippen molar-refractivity contribution >= 4 is 89.7 Å². The van der Waals surface area contributed by atoms with Crippen molar-refractivity contribution in [1.82, 2.24) is 56.8 Å². The van der Waals surface area contributed by atoms with E-state index in [1.54, 1.807) is 65.6 Å². The van der Waals surface area contributed by atoms with Crippen molar-refractivity contribution in [3.8, 4) is 0 Å². The Kier molecular flexibility index (Phi) is 44.5. The average Bonchev–Trinajstić information content (AvgIpc) is 1.44. The van der Waals surface area contributed by atoms with Crippen LogP contribution in [0.5, 0.6) is 0 Å². The Morgan fingerprint density at radius 1 is 0.495 bits per heavy atom. The summed E-state index contributed by atoms with van der Waals surface area (Å²) in [6.07, 6.45) is -0.435. The molecule has 6 aliphatic heterocycles. The van der Waals surface area contributed by atoms with Crippen molar-refractivity contribution in [3.63, 3.8) is 0 Å². The van der Waals surface area contributed by atoms with Gasteiger partial charge < -0.3 is 113 Å². The van der Waals surface area contributed by atoms with Gasteiger partial charge in [-0.25, -0.2) is 0 Å². The van der Waals surface area contributed by atoms with E-state index in [0.717, 1.165) is 77.4 Å². The second-order valence-corrected chi connectivity index (χ2v) is 30.5. The number of carbonyl (C=O) groups excluding carboxylic acids is 7. The number of hydrogen-bond donors (Lipinski definition) is 17. The number of thioether (sulfide) groups is 3. The molecule has 0 saturated carbocycles. The van der Waals surface area contributed by atoms with E-state index in [1.165, 1.54) is 41.5 Å². The number of nitrogens with two attached hydrogens (primary N) is 1. The molecule has 0 aromatic heterocycles. The number of nitrogens with zero attached hydrogens (tertiary/aromatic N) is 4. The van der Waals surface area contributed by atoms with Gasteiger partial charge in [0.2, 0.25) is 35.4 Å². The van der Waals surface area contributed by atoms with E-state index in [-0.39, 0.29) is 79.4 Å². The van der Waals surface area contributed by atoms with Gasteiger partial charge in [-0.05, 0) is 138 Å². The van der Waals surface area contributed by atoms with Gasteiger partial charge in [0.05, 0.1) is 55.9 Å². The molecule has 0 aromatic rings. The zero-order valence-electron chi connectivity index (χ0n) is 61.9. The third kappa shape index (κ3) is 28.0. The molecule has 590 valence electrons. The lowest BCUT2D eigenvalue weighted by Crippen LogP contribution is -2.67. The minimum Gasteiger partial charge on any atom is -0.388 e. The van der Waals surface area contributed by atoms with E-state index < -0.39 is 132 Å². The van der Waals surface area contributed by atoms with Crippen LogP contribution in [0.15, 0.2) is 0 Å². The summed E-state index contributed by atoms with van der Waals surface area (Å²) in [5.41, 5.74) is 3.07. The normalized spacial score (nSPS) is 33.8. The van der Waals surface area contributed by atoms with E-state index in [1.807, 2.05) is 42.6 Å². The molecule has 0 aliphatic carbocycles. The maximum atomic E-state index is 13.3. The summed E-state index contributed by atoms with van der Waals surface area (Å²) in [6.45, 7) is 16.1. The predicted octanol–water partition coefficient (Wildman–Crippen LogP) is -3.41. The summed E-state index contributed by atoms with van der Waals surface area (Å²) >= 11 is 3.85. The number of amides is 6. The number of hydrogen-bond acceptors (Lipinski definition) is 29. The highest BCUT2D eigenvalue weighted by molar-refractivity contribution is 7.99. The second-order valence-electron chi connectivity index (χ2n) is 27.4. The SMILES string of the molecule is C=O.CCC[C@@H]1C[C@@H](C(=O)N[C@H]([C@H](C)NC(=O)CN(C)C)[C@H]2OC(SC)[C@H](O)[C@H](O)C2O)N(C)C1.CCC[C@@H]1C[C@@H](C(=O)N[C@H]([C@H](C)NC(=O)CN)[C@H]2OC(SC)[C@H](O)[C@H](O)C2O)N(C)C1.CCC[C@@H]1C[C@@H](C(=O)N[C@H]([C@H](C)NC(=O)CNC)[C@H]2OC(SC)[C@H](O)[C@H](O)C2O)N(C)C1.CSF. The molecule has 6 heterocycles. The molecule has 0 radical (unpaired) electrons. The minimum absolute atomic E-state index is 0.0952. The first kappa shape index (κ1) is 94.2. The molecule has 6 fully saturated rings. The lowest BCUT2D eigenvalue weighted by Gasteiger charge is -2.45. The summed E-state index contributed by atoms with van der Waals surface area (Å²) < 4.78 is 27.9. The molecule has 6 unspecified atom stereocenters. The van der Waals surface area contributed by atoms with Gasteiger partial charge in [-0.3, -0.25) is 43.5 Å². The molecule has 18 N–H and O–H groups in total. The Balaban J connectivity index is 0.000000498. The van der Waals surface area contributed by atoms with Crippen molar-refractivity contribution < 1.29 is 97.6 Å². The van der Waals surface area contributed by atoms with Crippen LogP contribution in [-0.4, -0.2) is 358 Å². The van der Waals surface area contributed by atoms with Gasteiger partial charge in [0.1, 0.15) is 96.3 Å². The molecule has 31 nitrogen and oxygen atoms in total. The molecule has 27 atom stereocenters. The fourth-order valence-corrected chi connectivity index (χ4v) is 16.1. The number of ether oxygens (including phenoxy) is 3. The van der Waals surface area contributed by atoms with Crippen molar-refractivity contribution in [2.75, 3.05) is 107 Å². The second kappa shape index (κ2) is 47.7. The Morgan fingerprint density at radius 3 is 1.00 bits per heavy atom. The molecule has 6 rings (SSSR count). The quantitative estimate of drug-likeness (QED) is 0.0347. The van der Waals surface area contributed by atoms with E-state index in [9.17, 15) is 78.6 Å². The number of carbonyl (C=O) groups is 7. The fourth-order valence-electron chi connectivity index (χ4n) is 14.1. The van der Waals surface area contributed by atoms with Crippen LogP contribution in [0, 0.1) is 17.8 Å². The molecule has 6 aliphatic rings. The monoisotopic (exact) mass is 1520 g/mol. The van der Waals surface area contributed by atoms with Crippen molar-refractivity contribution in [1.29, 1.82) is 0 Å². The maximum Gasteiger partial charge on any atom is 0.237 e. The smallest absolute Gasteiger partial charge is 0.237 e. The minimum atomic E-state index is -1.45. The molecular weight excluding hydrogens is 1400 g/mol. The summed E-state index contributed by atoms with van der Waals surface area (Å²) in [7, 11) is 11.0. The molecule has 0 bridgehead atoms. The van der Waals surface area contributed by atoms with Gasteiger partial charge in [0.25, 0.3) is 0 Å². The first-order valence-corrected chi connectivity index (χ1v) is 39.7. The number of halogens is 1. The first-order chi connectivity index (χ1) is 47.7. The van der Waals surface area contributed by atoms with Crippen LogP contribution in [0.25, 0.3) is 0 Å². The summed E-state index contributed by atoms with van der Waals surface area (Å²) in [6, 6.07) is -5.25. The molecule has 6 amide bonds. The number of rotatable bonds is 29. The zero-order valence-corrected chi connectivity index (χ0v) is 65.2. The molecule has 0 spiro atoms. The van der Waals surface area contributed by atoms with E-state index in [4.69, 9.17) is 24.7 Å². The van der Waals surface area contributed by atoms with Gasteiger partial charge in [-0.2, -0.15) is 3.89 Å². The highest BCUT2D eigenvalue weighted by atomic mass is 32.2. The van der Waals surface area contributed by atoms with Gasteiger partial charge in [-0.15, -0.1) is 35.3 Å². The topological polar surface area (TPSA) is 452 Å². The maximum absolute atomic E-state index is 13.3. The number of aliphatic hydroxyl groups excluding tert-OH is 9. The Morgan fingerprint density at radius 2 is 0.762 bits per heavy atom. The van der Waals surface area contributed by atoms with Crippen LogP contribution in [-0.2, 0) is 47.8 Å². The van der Waals surface area contributed by atoms with Crippen molar-refractivity contribution in [2.45, 2.75) is 243 Å². The molecular formula is C65H125FN12O19S4. The van der Waals surface area contributed by atoms with Gasteiger partial charge in [0, 0.05) is 56.2 Å². The van der Waals surface area contributed by atoms with Gasteiger partial charge in [-0.1, -0.05) is 40.0 Å². The van der Waals surface area contributed by atoms with Gasteiger partial charge in [0.15, 0.2) is 0 Å². The zero-order chi connectivity index (χ0) is 76.9. The number of nitrogens with one attached hydrogen (secondary N) is 7. The van der Waals surface area contributed by atoms with Crippen molar-refractivity contribution in [3.05, 3.63) is 0 Å². The van der Waals surface area contributed by atoms with E-state index in [0.29, 0.717) is 17.8 Å². The summed E-state index contributed by atoms with van der Waals surface area (Å²) in [4.78, 5) is 92.0. The van der Waals surface area contributed by atoms with Crippen LogP contribution < -0.4 is 43.0 Å². The van der Waals surface area contributed by atoms with E-state index in [2.05, 4.69) is 58.0 Å². The van der Waals surface area contributed by atoms with Crippen LogP contribution in [0.4, 0.5) is 3.89 Å². The summed E-state index contributed by atoms with van der Waals surface area (Å²) in [5.74, 6) is -0.227. The van der Waals surface area contributed by atoms with Crippen LogP contribution in [0.2, 0.25) is 0 Å². The van der Waals surface area contributed by atoms with E-state index >= 15 is 0 Å². The molecule has 6 saturated heterocycles. The molecule has 101 heavy (non-hydrogen) atoms. The highest BCUT2D eigenvalue weighted by Gasteiger charge is 2.53. The number of likely N-dealkylation sites (tertiary alicyclic amines) is 3. The Labute approximate surface area is 614 Å². The van der Waals surface area contributed by atoms with Crippen LogP contribution in [0.1, 0.15) is 99.3 Å². The Bertz CT molecular complexity index is 2440. The average molecular weight is 1530 g/mol. The highest BCUT2D eigenvalue weighted by Crippen LogP contribution is 2.35. The van der Waals surface area contributed by atoms with Crippen LogP contribution in [0.3, 0.4) is 0 Å². The molecule has 36 heteroatoms. The van der Waals surface area contributed by atoms with Crippen LogP contribution >= 0.6 is 47.4 Å². The number of likely N-dealkylation sites (N-methyl/N-ethyl adjacent to an activating group) is 5. The lowest BCUT2D eigenvalue weighted by atomic mass is 9.90. The van der Waals surface area contributed by atoms with Gasteiger partial charge >= 0.3 is 0 Å².